The molecule has 6 rings (SSSR count). The molecule has 11 nitrogen and oxygen atoms in total. The van der Waals surface area contributed by atoms with Crippen molar-refractivity contribution in [1.29, 1.82) is 0 Å². The van der Waals surface area contributed by atoms with Crippen LogP contribution in [-0.2, 0) is 22.6 Å². The zero-order chi connectivity index (χ0) is 32.0. The number of ether oxygens (including phenoxy) is 1. The Hall–Kier alpha value is -5.81. The van der Waals surface area contributed by atoms with E-state index in [0.717, 1.165) is 11.1 Å². The summed E-state index contributed by atoms with van der Waals surface area (Å²) in [5.41, 5.74) is 4.28. The normalized spacial score (nSPS) is 14.1. The molecule has 0 aliphatic carbocycles. The summed E-state index contributed by atoms with van der Waals surface area (Å²) in [5, 5.41) is 23.9. The molecule has 0 radical (unpaired) electrons. The molecule has 46 heavy (non-hydrogen) atoms. The quantitative estimate of drug-likeness (QED) is 0.206. The van der Waals surface area contributed by atoms with Crippen LogP contribution in [0, 0.1) is 0 Å². The number of anilines is 1. The van der Waals surface area contributed by atoms with Crippen LogP contribution >= 0.6 is 11.6 Å². The van der Waals surface area contributed by atoms with Crippen LogP contribution in [0.15, 0.2) is 103 Å². The predicted octanol–water partition coefficient (Wildman–Crippen LogP) is 5.37. The van der Waals surface area contributed by atoms with Gasteiger partial charge in [0.2, 0.25) is 5.91 Å². The molecule has 2 N–H and O–H groups in total. The molecule has 0 unspecified atom stereocenters. The monoisotopic (exact) mass is 634 g/mol. The number of carboxylic acids is 1. The van der Waals surface area contributed by atoms with Gasteiger partial charge in [0, 0.05) is 28.9 Å². The summed E-state index contributed by atoms with van der Waals surface area (Å²) in [7, 11) is 0. The van der Waals surface area contributed by atoms with E-state index in [1.807, 2.05) is 42.5 Å². The Morgan fingerprint density at radius 1 is 1.00 bits per heavy atom. The maximum absolute atomic E-state index is 13.9. The minimum absolute atomic E-state index is 0.0908. The fourth-order valence-corrected chi connectivity index (χ4v) is 5.44. The molecule has 0 bridgehead atoms. The molecule has 5 aromatic rings. The van der Waals surface area contributed by atoms with Gasteiger partial charge in [0.05, 0.1) is 11.3 Å². The van der Waals surface area contributed by atoms with Crippen molar-refractivity contribution in [2.45, 2.75) is 19.1 Å². The number of carbonyl (C=O) groups excluding carboxylic acids is 2. The molecule has 1 aliphatic rings. The summed E-state index contributed by atoms with van der Waals surface area (Å²) >= 11 is 6.25. The molecule has 4 aromatic carbocycles. The second-order valence-corrected chi connectivity index (χ2v) is 10.9. The van der Waals surface area contributed by atoms with Gasteiger partial charge in [-0.25, -0.2) is 4.79 Å². The van der Waals surface area contributed by atoms with Crippen molar-refractivity contribution in [3.8, 4) is 11.4 Å². The number of aromatic nitrogens is 4. The lowest BCUT2D eigenvalue weighted by Crippen LogP contribution is -2.44. The van der Waals surface area contributed by atoms with E-state index in [1.54, 1.807) is 30.3 Å². The van der Waals surface area contributed by atoms with Gasteiger partial charge < -0.3 is 20.1 Å². The number of halogens is 1. The number of rotatable bonds is 9. The van der Waals surface area contributed by atoms with E-state index in [2.05, 4.69) is 20.8 Å². The average Bonchev–Trinajstić information content (AvgIpc) is 3.61. The first-order valence-electron chi connectivity index (χ1n) is 14.3. The summed E-state index contributed by atoms with van der Waals surface area (Å²) in [6, 6.07) is 25.3. The number of amides is 2. The van der Waals surface area contributed by atoms with E-state index in [-0.39, 0.29) is 18.0 Å². The van der Waals surface area contributed by atoms with Gasteiger partial charge in [-0.2, -0.15) is 4.68 Å². The van der Waals surface area contributed by atoms with Crippen molar-refractivity contribution in [3.05, 3.63) is 136 Å². The van der Waals surface area contributed by atoms with Gasteiger partial charge in [-0.1, -0.05) is 48.0 Å². The van der Waals surface area contributed by atoms with Crippen molar-refractivity contribution < 1.29 is 24.2 Å². The van der Waals surface area contributed by atoms with Crippen LogP contribution < -0.4 is 10.1 Å². The lowest BCUT2D eigenvalue weighted by atomic mass is 9.91. The number of carboxylic acid groups (broad SMARTS) is 1. The molecular formula is C34H27ClN6O5. The molecule has 1 aliphatic heterocycles. The van der Waals surface area contributed by atoms with Gasteiger partial charge in [-0.15, -0.1) is 5.10 Å². The van der Waals surface area contributed by atoms with E-state index >= 15 is 0 Å². The summed E-state index contributed by atoms with van der Waals surface area (Å²) < 4.78 is 7.49. The summed E-state index contributed by atoms with van der Waals surface area (Å²) in [4.78, 5) is 40.4. The SMILES string of the molecule is O=C(O)c1ccc(NC(=O)[C@@H]2c3ccc(OCc4ccccc4)cc3CCN2C(=O)/C=C/c2cc(Cl)ccc2-n2cnnn2)cc1. The van der Waals surface area contributed by atoms with E-state index in [9.17, 15) is 19.5 Å². The highest BCUT2D eigenvalue weighted by Crippen LogP contribution is 2.34. The van der Waals surface area contributed by atoms with E-state index < -0.39 is 17.9 Å². The number of fused-ring (bicyclic) bond motifs is 1. The van der Waals surface area contributed by atoms with E-state index in [4.69, 9.17) is 16.3 Å². The standard InChI is InChI=1S/C34H27ClN6O5/c35-26-9-14-30(41-21-36-38-39-41)25(18-26)8-15-31(42)40-17-16-24-19-28(46-20-22-4-2-1-3-5-22)12-13-29(24)32(40)33(43)37-27-10-6-23(7-11-27)34(44)45/h1-15,18-19,21,32H,16-17,20H2,(H,37,43)(H,44,45)/b15-8+/t32-/m0/s1. The molecular weight excluding hydrogens is 608 g/mol. The fourth-order valence-electron chi connectivity index (χ4n) is 5.26. The molecule has 2 amide bonds. The van der Waals surface area contributed by atoms with Gasteiger partial charge in [-0.3, -0.25) is 9.59 Å². The first kappa shape index (κ1) is 30.2. The number of hydrogen-bond acceptors (Lipinski definition) is 7. The van der Waals surface area contributed by atoms with Crippen LogP contribution in [0.1, 0.15) is 38.7 Å². The van der Waals surface area contributed by atoms with Crippen LogP contribution in [0.5, 0.6) is 5.75 Å². The number of aromatic carboxylic acids is 1. The molecule has 12 heteroatoms. The van der Waals surface area contributed by atoms with Crippen molar-refractivity contribution in [2.24, 2.45) is 0 Å². The number of hydrogen-bond donors (Lipinski definition) is 2. The first-order valence-corrected chi connectivity index (χ1v) is 14.7. The molecule has 1 aromatic heterocycles. The van der Waals surface area contributed by atoms with Gasteiger partial charge in [-0.05, 0) is 94.2 Å². The summed E-state index contributed by atoms with van der Waals surface area (Å²) in [6.45, 7) is 0.658. The van der Waals surface area contributed by atoms with Crippen molar-refractivity contribution in [1.82, 2.24) is 25.1 Å². The highest BCUT2D eigenvalue weighted by Gasteiger charge is 2.35. The molecule has 0 saturated heterocycles. The number of nitrogens with one attached hydrogen (secondary N) is 1. The average molecular weight is 635 g/mol. The Balaban J connectivity index is 1.29. The zero-order valence-corrected chi connectivity index (χ0v) is 25.0. The van der Waals surface area contributed by atoms with Crippen molar-refractivity contribution in [3.63, 3.8) is 0 Å². The Bertz CT molecular complexity index is 1910. The molecule has 230 valence electrons. The van der Waals surface area contributed by atoms with Crippen LogP contribution in [0.2, 0.25) is 5.02 Å². The Morgan fingerprint density at radius 2 is 1.80 bits per heavy atom. The van der Waals surface area contributed by atoms with Crippen LogP contribution in [0.3, 0.4) is 0 Å². The Kier molecular flexibility index (Phi) is 8.84. The van der Waals surface area contributed by atoms with Crippen LogP contribution in [0.25, 0.3) is 11.8 Å². The lowest BCUT2D eigenvalue weighted by Gasteiger charge is -2.36. The minimum Gasteiger partial charge on any atom is -0.489 e. The summed E-state index contributed by atoms with van der Waals surface area (Å²) in [6.07, 6.45) is 4.94. The number of nitrogens with zero attached hydrogens (tertiary/aromatic N) is 5. The van der Waals surface area contributed by atoms with E-state index in [0.29, 0.717) is 46.3 Å². The van der Waals surface area contributed by atoms with Crippen LogP contribution in [0.4, 0.5) is 5.69 Å². The smallest absolute Gasteiger partial charge is 0.335 e. The molecule has 2 heterocycles. The second kappa shape index (κ2) is 13.4. The number of carbonyl (C=O) groups is 3. The Labute approximate surface area is 268 Å². The number of tetrazole rings is 1. The molecule has 0 saturated carbocycles. The van der Waals surface area contributed by atoms with Crippen LogP contribution in [-0.4, -0.2) is 54.5 Å². The third kappa shape index (κ3) is 6.79. The topological polar surface area (TPSA) is 140 Å². The van der Waals surface area contributed by atoms with Crippen molar-refractivity contribution in [2.75, 3.05) is 11.9 Å². The Morgan fingerprint density at radius 3 is 2.54 bits per heavy atom. The lowest BCUT2D eigenvalue weighted by molar-refractivity contribution is -0.135. The maximum Gasteiger partial charge on any atom is 0.335 e. The molecule has 1 atom stereocenters. The highest BCUT2D eigenvalue weighted by molar-refractivity contribution is 6.30. The molecule has 0 fully saturated rings. The largest absolute Gasteiger partial charge is 0.489 e. The van der Waals surface area contributed by atoms with Gasteiger partial charge >= 0.3 is 5.97 Å². The predicted molar refractivity (Wildman–Crippen MR) is 171 cm³/mol. The van der Waals surface area contributed by atoms with Gasteiger partial charge in [0.25, 0.3) is 5.91 Å². The third-order valence-corrected chi connectivity index (χ3v) is 7.75. The summed E-state index contributed by atoms with van der Waals surface area (Å²) in [5.74, 6) is -1.25. The third-order valence-electron chi connectivity index (χ3n) is 7.51. The van der Waals surface area contributed by atoms with Gasteiger partial charge in [0.15, 0.2) is 0 Å². The molecule has 0 spiro atoms. The second-order valence-electron chi connectivity index (χ2n) is 10.5. The highest BCUT2D eigenvalue weighted by atomic mass is 35.5. The van der Waals surface area contributed by atoms with Crippen molar-refractivity contribution >= 4 is 41.1 Å². The van der Waals surface area contributed by atoms with E-state index in [1.165, 1.54) is 46.3 Å². The zero-order valence-electron chi connectivity index (χ0n) is 24.3. The first-order chi connectivity index (χ1) is 22.4. The minimum atomic E-state index is -1.07. The number of benzene rings is 4. The van der Waals surface area contributed by atoms with Gasteiger partial charge in [0.1, 0.15) is 24.7 Å². The fraction of sp³-hybridized carbons (Fsp3) is 0.118. The maximum atomic E-state index is 13.9.